The molecule has 1 amide bonds. The summed E-state index contributed by atoms with van der Waals surface area (Å²) in [6.07, 6.45) is 4.28. The predicted octanol–water partition coefficient (Wildman–Crippen LogP) is 3.30. The summed E-state index contributed by atoms with van der Waals surface area (Å²) in [5.41, 5.74) is 1.45. The van der Waals surface area contributed by atoms with E-state index in [1.54, 1.807) is 0 Å². The molecule has 0 saturated carbocycles. The maximum Gasteiger partial charge on any atom is 0.239 e. The molecule has 0 aromatic heterocycles. The number of benzene rings is 2. The molecule has 2 heterocycles. The first-order valence-electron chi connectivity index (χ1n) is 8.83. The van der Waals surface area contributed by atoms with Crippen molar-refractivity contribution in [1.29, 1.82) is 0 Å². The van der Waals surface area contributed by atoms with Gasteiger partial charge in [-0.05, 0) is 54.5 Å². The second kappa shape index (κ2) is 6.32. The van der Waals surface area contributed by atoms with E-state index in [1.165, 1.54) is 16.3 Å². The summed E-state index contributed by atoms with van der Waals surface area (Å²) < 4.78 is 0. The molecule has 1 atom stereocenters. The van der Waals surface area contributed by atoms with Crippen molar-refractivity contribution in [2.24, 2.45) is 0 Å². The lowest BCUT2D eigenvalue weighted by molar-refractivity contribution is -0.134. The molecule has 3 heteroatoms. The van der Waals surface area contributed by atoms with Crippen molar-refractivity contribution in [3.05, 3.63) is 48.0 Å². The number of fused-ring (bicyclic) bond motifs is 1. The standard InChI is InChI=1S/C20H24N2O/c23-20(19-9-4-12-21-19)22-13-10-16(11-14-22)18-8-3-6-15-5-1-2-7-17(15)18/h1-3,5-8,16,19,21H,4,9-14H2. The Balaban J connectivity index is 1.47. The fraction of sp³-hybridized carbons (Fsp3) is 0.450. The molecule has 2 aliphatic rings. The third-order valence-electron chi connectivity index (χ3n) is 5.43. The van der Waals surface area contributed by atoms with Gasteiger partial charge in [0, 0.05) is 13.1 Å². The zero-order chi connectivity index (χ0) is 15.6. The quantitative estimate of drug-likeness (QED) is 0.923. The molecule has 23 heavy (non-hydrogen) atoms. The maximum absolute atomic E-state index is 12.5. The van der Waals surface area contributed by atoms with Gasteiger partial charge in [0.1, 0.15) is 0 Å². The van der Waals surface area contributed by atoms with Crippen LogP contribution in [0.15, 0.2) is 42.5 Å². The summed E-state index contributed by atoms with van der Waals surface area (Å²) in [7, 11) is 0. The molecule has 0 radical (unpaired) electrons. The zero-order valence-electron chi connectivity index (χ0n) is 13.5. The normalized spacial score (nSPS) is 22.6. The molecule has 2 aromatic carbocycles. The molecule has 3 nitrogen and oxygen atoms in total. The molecule has 0 spiro atoms. The number of rotatable bonds is 2. The summed E-state index contributed by atoms with van der Waals surface area (Å²) in [6.45, 7) is 2.78. The van der Waals surface area contributed by atoms with Crippen LogP contribution in [-0.2, 0) is 4.79 Å². The van der Waals surface area contributed by atoms with E-state index in [-0.39, 0.29) is 6.04 Å². The highest BCUT2D eigenvalue weighted by Gasteiger charge is 2.30. The lowest BCUT2D eigenvalue weighted by Gasteiger charge is -2.34. The number of carbonyl (C=O) groups is 1. The van der Waals surface area contributed by atoms with Crippen molar-refractivity contribution in [1.82, 2.24) is 10.2 Å². The lowest BCUT2D eigenvalue weighted by atomic mass is 9.86. The third-order valence-corrected chi connectivity index (χ3v) is 5.43. The van der Waals surface area contributed by atoms with Crippen molar-refractivity contribution in [3.63, 3.8) is 0 Å². The van der Waals surface area contributed by atoms with Gasteiger partial charge in [0.05, 0.1) is 6.04 Å². The average Bonchev–Trinajstić information content (AvgIpc) is 3.15. The fourth-order valence-electron chi connectivity index (χ4n) is 4.13. The van der Waals surface area contributed by atoms with E-state index in [2.05, 4.69) is 52.7 Å². The molecule has 1 unspecified atom stereocenters. The van der Waals surface area contributed by atoms with E-state index >= 15 is 0 Å². The fourth-order valence-corrected chi connectivity index (χ4v) is 4.13. The minimum Gasteiger partial charge on any atom is -0.341 e. The van der Waals surface area contributed by atoms with Gasteiger partial charge in [-0.2, -0.15) is 0 Å². The minimum absolute atomic E-state index is 0.0732. The van der Waals surface area contributed by atoms with Gasteiger partial charge in [0.25, 0.3) is 0 Å². The van der Waals surface area contributed by atoms with Crippen LogP contribution < -0.4 is 5.32 Å². The SMILES string of the molecule is O=C(C1CCCN1)N1CCC(c2cccc3ccccc23)CC1. The van der Waals surface area contributed by atoms with Crippen molar-refractivity contribution in [2.75, 3.05) is 19.6 Å². The number of amides is 1. The number of likely N-dealkylation sites (tertiary alicyclic amines) is 1. The van der Waals surface area contributed by atoms with Crippen LogP contribution in [-0.4, -0.2) is 36.5 Å². The predicted molar refractivity (Wildman–Crippen MR) is 93.5 cm³/mol. The number of piperidine rings is 1. The number of carbonyl (C=O) groups excluding carboxylic acids is 1. The lowest BCUT2D eigenvalue weighted by Crippen LogP contribution is -2.46. The monoisotopic (exact) mass is 308 g/mol. The van der Waals surface area contributed by atoms with Crippen LogP contribution >= 0.6 is 0 Å². The number of hydrogen-bond donors (Lipinski definition) is 1. The largest absolute Gasteiger partial charge is 0.341 e. The van der Waals surface area contributed by atoms with Gasteiger partial charge in [-0.1, -0.05) is 42.5 Å². The molecule has 120 valence electrons. The van der Waals surface area contributed by atoms with Crippen LogP contribution in [0.1, 0.15) is 37.2 Å². The summed E-state index contributed by atoms with van der Waals surface area (Å²) >= 11 is 0. The Labute approximate surface area is 137 Å². The Morgan fingerprint density at radius 1 is 1.00 bits per heavy atom. The van der Waals surface area contributed by atoms with Crippen LogP contribution in [0.4, 0.5) is 0 Å². The summed E-state index contributed by atoms with van der Waals surface area (Å²) in [6, 6.07) is 15.3. The van der Waals surface area contributed by atoms with E-state index in [4.69, 9.17) is 0 Å². The van der Waals surface area contributed by atoms with E-state index in [0.717, 1.165) is 45.3 Å². The molecule has 0 aliphatic carbocycles. The maximum atomic E-state index is 12.5. The van der Waals surface area contributed by atoms with Gasteiger partial charge in [-0.15, -0.1) is 0 Å². The topological polar surface area (TPSA) is 32.3 Å². The first kappa shape index (κ1) is 14.7. The Kier molecular flexibility index (Phi) is 4.04. The summed E-state index contributed by atoms with van der Waals surface area (Å²) in [5, 5.41) is 6.02. The van der Waals surface area contributed by atoms with Gasteiger partial charge in [0.15, 0.2) is 0 Å². The van der Waals surface area contributed by atoms with E-state index in [1.807, 2.05) is 0 Å². The number of nitrogens with zero attached hydrogens (tertiary/aromatic N) is 1. The van der Waals surface area contributed by atoms with E-state index < -0.39 is 0 Å². The third kappa shape index (κ3) is 2.86. The molecular formula is C20H24N2O. The van der Waals surface area contributed by atoms with Crippen LogP contribution in [0.25, 0.3) is 10.8 Å². The van der Waals surface area contributed by atoms with Crippen LogP contribution in [0.5, 0.6) is 0 Å². The van der Waals surface area contributed by atoms with Gasteiger partial charge in [-0.3, -0.25) is 4.79 Å². The number of nitrogens with one attached hydrogen (secondary N) is 1. The van der Waals surface area contributed by atoms with Gasteiger partial charge >= 0.3 is 0 Å². The Bertz CT molecular complexity index is 692. The van der Waals surface area contributed by atoms with Crippen molar-refractivity contribution in [2.45, 2.75) is 37.6 Å². The Hall–Kier alpha value is -1.87. The van der Waals surface area contributed by atoms with Crippen LogP contribution in [0, 0.1) is 0 Å². The van der Waals surface area contributed by atoms with Crippen LogP contribution in [0.2, 0.25) is 0 Å². The second-order valence-corrected chi connectivity index (χ2v) is 6.82. The first-order valence-corrected chi connectivity index (χ1v) is 8.83. The minimum atomic E-state index is 0.0732. The first-order chi connectivity index (χ1) is 11.3. The van der Waals surface area contributed by atoms with Gasteiger partial charge in [-0.25, -0.2) is 0 Å². The Morgan fingerprint density at radius 3 is 2.57 bits per heavy atom. The van der Waals surface area contributed by atoms with Crippen molar-refractivity contribution < 1.29 is 4.79 Å². The second-order valence-electron chi connectivity index (χ2n) is 6.82. The highest BCUT2D eigenvalue weighted by molar-refractivity contribution is 5.86. The molecule has 2 aromatic rings. The molecule has 2 aliphatic heterocycles. The zero-order valence-corrected chi connectivity index (χ0v) is 13.5. The molecular weight excluding hydrogens is 284 g/mol. The van der Waals surface area contributed by atoms with Gasteiger partial charge in [0.2, 0.25) is 5.91 Å². The Morgan fingerprint density at radius 2 is 1.78 bits per heavy atom. The molecule has 2 fully saturated rings. The highest BCUT2D eigenvalue weighted by Crippen LogP contribution is 2.33. The van der Waals surface area contributed by atoms with Crippen LogP contribution in [0.3, 0.4) is 0 Å². The molecule has 0 bridgehead atoms. The van der Waals surface area contributed by atoms with Crippen molar-refractivity contribution in [3.8, 4) is 0 Å². The molecule has 2 saturated heterocycles. The van der Waals surface area contributed by atoms with E-state index in [9.17, 15) is 4.79 Å². The molecule has 4 rings (SSSR count). The molecule has 1 N–H and O–H groups in total. The average molecular weight is 308 g/mol. The summed E-state index contributed by atoms with van der Waals surface area (Å²) in [4.78, 5) is 14.6. The van der Waals surface area contributed by atoms with Crippen molar-refractivity contribution >= 4 is 16.7 Å². The summed E-state index contributed by atoms with van der Waals surface area (Å²) in [5.74, 6) is 0.889. The highest BCUT2D eigenvalue weighted by atomic mass is 16.2. The van der Waals surface area contributed by atoms with Gasteiger partial charge < -0.3 is 10.2 Å². The number of hydrogen-bond acceptors (Lipinski definition) is 2. The van der Waals surface area contributed by atoms with E-state index in [0.29, 0.717) is 11.8 Å². The smallest absolute Gasteiger partial charge is 0.239 e.